The van der Waals surface area contributed by atoms with Gasteiger partial charge in [0.15, 0.2) is 11.6 Å². The quantitative estimate of drug-likeness (QED) is 0.757. The first-order valence-electron chi connectivity index (χ1n) is 5.85. The monoisotopic (exact) mass is 228 g/mol. The van der Waals surface area contributed by atoms with Crippen LogP contribution in [0.5, 0.6) is 5.75 Å². The number of hydrogen-bond donors (Lipinski definition) is 0. The van der Waals surface area contributed by atoms with Gasteiger partial charge in [0.25, 0.3) is 0 Å². The molecule has 0 bridgehead atoms. The van der Waals surface area contributed by atoms with Crippen molar-refractivity contribution < 1.29 is 13.5 Å². The Labute approximate surface area is 95.4 Å². The van der Waals surface area contributed by atoms with Gasteiger partial charge in [0, 0.05) is 6.07 Å². The number of rotatable bonds is 3. The maximum absolute atomic E-state index is 12.9. The molecular formula is C13H18F2O. The summed E-state index contributed by atoms with van der Waals surface area (Å²) in [7, 11) is 0. The van der Waals surface area contributed by atoms with Crippen molar-refractivity contribution in [1.29, 1.82) is 0 Å². The molecule has 0 aromatic heterocycles. The van der Waals surface area contributed by atoms with Crippen LogP contribution in [0.4, 0.5) is 8.78 Å². The molecule has 0 heterocycles. The molecule has 0 atom stereocenters. The summed E-state index contributed by atoms with van der Waals surface area (Å²) in [5.74, 6) is -1.14. The largest absolute Gasteiger partial charge is 0.490 e. The third kappa shape index (κ3) is 3.19. The molecule has 1 fully saturated rings. The van der Waals surface area contributed by atoms with Gasteiger partial charge in [-0.25, -0.2) is 8.78 Å². The van der Waals surface area contributed by atoms with Gasteiger partial charge in [0.05, 0.1) is 6.10 Å². The Hall–Kier alpha value is -1.12. The summed E-state index contributed by atoms with van der Waals surface area (Å²) in [5, 5.41) is 0. The fraction of sp³-hybridized carbons (Fsp3) is 0.538. The molecule has 0 N–H and O–H groups in total. The van der Waals surface area contributed by atoms with Crippen molar-refractivity contribution in [2.24, 2.45) is 0 Å². The zero-order valence-corrected chi connectivity index (χ0v) is 10.0. The molecule has 1 aromatic rings. The number of hydrogen-bond acceptors (Lipinski definition) is 1. The van der Waals surface area contributed by atoms with E-state index in [4.69, 9.17) is 4.74 Å². The average Bonchev–Trinajstić information content (AvgIpc) is 3.10. The lowest BCUT2D eigenvalue weighted by atomic mass is 10.1. The Morgan fingerprint density at radius 1 is 1.19 bits per heavy atom. The average molecular weight is 228 g/mol. The van der Waals surface area contributed by atoms with Crippen LogP contribution in [0.2, 0.25) is 0 Å². The Morgan fingerprint density at radius 2 is 1.75 bits per heavy atom. The minimum atomic E-state index is -0.835. The molecule has 0 unspecified atom stereocenters. The predicted octanol–water partition coefficient (Wildman–Crippen LogP) is 4.09. The van der Waals surface area contributed by atoms with Crippen molar-refractivity contribution in [2.75, 3.05) is 0 Å². The van der Waals surface area contributed by atoms with Crippen molar-refractivity contribution in [2.45, 2.75) is 46.1 Å². The molecule has 0 spiro atoms. The lowest BCUT2D eigenvalue weighted by molar-refractivity contribution is 0.297. The van der Waals surface area contributed by atoms with Crippen molar-refractivity contribution in [3.8, 4) is 5.75 Å². The third-order valence-electron chi connectivity index (χ3n) is 2.30. The van der Waals surface area contributed by atoms with Crippen LogP contribution >= 0.6 is 0 Å². The molecule has 0 aliphatic heterocycles. The van der Waals surface area contributed by atoms with E-state index in [9.17, 15) is 8.78 Å². The van der Waals surface area contributed by atoms with Crippen molar-refractivity contribution in [3.63, 3.8) is 0 Å². The van der Waals surface area contributed by atoms with Crippen LogP contribution in [0.25, 0.3) is 0 Å². The second-order valence-electron chi connectivity index (χ2n) is 3.54. The number of aryl methyl sites for hydroxylation is 1. The number of ether oxygens (including phenoxy) is 1. The Kier molecular flexibility index (Phi) is 4.71. The fourth-order valence-corrected chi connectivity index (χ4v) is 1.32. The highest BCUT2D eigenvalue weighted by molar-refractivity contribution is 5.35. The Morgan fingerprint density at radius 3 is 2.25 bits per heavy atom. The fourth-order valence-electron chi connectivity index (χ4n) is 1.32. The molecule has 1 saturated carbocycles. The summed E-state index contributed by atoms with van der Waals surface area (Å²) in [6, 6.07) is 2.36. The van der Waals surface area contributed by atoms with Gasteiger partial charge in [-0.15, -0.1) is 0 Å². The van der Waals surface area contributed by atoms with Gasteiger partial charge in [0.2, 0.25) is 0 Å². The van der Waals surface area contributed by atoms with E-state index in [1.165, 1.54) is 6.07 Å². The molecule has 0 radical (unpaired) electrons. The minimum Gasteiger partial charge on any atom is -0.490 e. The van der Waals surface area contributed by atoms with E-state index >= 15 is 0 Å². The normalized spacial score (nSPS) is 14.1. The molecule has 1 nitrogen and oxygen atoms in total. The first kappa shape index (κ1) is 12.9. The zero-order valence-electron chi connectivity index (χ0n) is 10.0. The Bertz CT molecular complexity index is 346. The minimum absolute atomic E-state index is 0.213. The van der Waals surface area contributed by atoms with Crippen LogP contribution in [-0.2, 0) is 6.42 Å². The van der Waals surface area contributed by atoms with Crippen molar-refractivity contribution in [3.05, 3.63) is 29.3 Å². The van der Waals surface area contributed by atoms with E-state index in [1.807, 2.05) is 20.8 Å². The van der Waals surface area contributed by atoms with Crippen molar-refractivity contribution in [1.82, 2.24) is 0 Å². The third-order valence-corrected chi connectivity index (χ3v) is 2.30. The highest BCUT2D eigenvalue weighted by Crippen LogP contribution is 2.30. The molecule has 2 rings (SSSR count). The standard InChI is InChI=1S/C11H12F2O.C2H6/c1-2-7-5-9(12)10(13)6-11(7)14-8-3-4-8;1-2/h5-6,8H,2-4H2,1H3;1-2H3. The lowest BCUT2D eigenvalue weighted by Crippen LogP contribution is -2.01. The summed E-state index contributed by atoms with van der Waals surface area (Å²) in [6.07, 6.45) is 2.90. The maximum atomic E-state index is 12.9. The van der Waals surface area contributed by atoms with Gasteiger partial charge in [-0.1, -0.05) is 20.8 Å². The van der Waals surface area contributed by atoms with Gasteiger partial charge < -0.3 is 4.74 Å². The van der Waals surface area contributed by atoms with Crippen LogP contribution in [0.15, 0.2) is 12.1 Å². The zero-order chi connectivity index (χ0) is 12.1. The predicted molar refractivity (Wildman–Crippen MR) is 60.7 cm³/mol. The van der Waals surface area contributed by atoms with Gasteiger partial charge in [-0.3, -0.25) is 0 Å². The van der Waals surface area contributed by atoms with Gasteiger partial charge >= 0.3 is 0 Å². The SMILES string of the molecule is CC.CCc1cc(F)c(F)cc1OC1CC1. The molecule has 3 heteroatoms. The Balaban J connectivity index is 0.000000606. The van der Waals surface area contributed by atoms with E-state index in [1.54, 1.807) is 0 Å². The van der Waals surface area contributed by atoms with Gasteiger partial charge in [-0.2, -0.15) is 0 Å². The van der Waals surface area contributed by atoms with Crippen LogP contribution in [-0.4, -0.2) is 6.10 Å². The second kappa shape index (κ2) is 5.83. The summed E-state index contributed by atoms with van der Waals surface area (Å²) in [5.41, 5.74) is 0.732. The van der Waals surface area contributed by atoms with E-state index < -0.39 is 11.6 Å². The molecule has 0 amide bonds. The highest BCUT2D eigenvalue weighted by atomic mass is 19.2. The van der Waals surface area contributed by atoms with Crippen LogP contribution in [0.3, 0.4) is 0 Å². The van der Waals surface area contributed by atoms with E-state index in [-0.39, 0.29) is 6.10 Å². The van der Waals surface area contributed by atoms with Gasteiger partial charge in [0.1, 0.15) is 5.75 Å². The molecule has 0 saturated heterocycles. The number of benzene rings is 1. The topological polar surface area (TPSA) is 9.23 Å². The molecule has 1 aliphatic carbocycles. The summed E-state index contributed by atoms with van der Waals surface area (Å²) in [6.45, 7) is 5.90. The van der Waals surface area contributed by atoms with Crippen molar-refractivity contribution >= 4 is 0 Å². The smallest absolute Gasteiger partial charge is 0.162 e. The molecule has 16 heavy (non-hydrogen) atoms. The molecule has 90 valence electrons. The van der Waals surface area contributed by atoms with Crippen LogP contribution in [0.1, 0.15) is 39.2 Å². The first-order valence-corrected chi connectivity index (χ1v) is 5.85. The van der Waals surface area contributed by atoms with E-state index in [0.29, 0.717) is 12.2 Å². The van der Waals surface area contributed by atoms with Gasteiger partial charge in [-0.05, 0) is 30.9 Å². The molecule has 1 aliphatic rings. The molecular weight excluding hydrogens is 210 g/mol. The summed E-state index contributed by atoms with van der Waals surface area (Å²) in [4.78, 5) is 0. The lowest BCUT2D eigenvalue weighted by Gasteiger charge is -2.09. The molecule has 1 aromatic carbocycles. The highest BCUT2D eigenvalue weighted by Gasteiger charge is 2.25. The van der Waals surface area contributed by atoms with E-state index in [2.05, 4.69) is 0 Å². The van der Waals surface area contributed by atoms with E-state index in [0.717, 1.165) is 24.5 Å². The first-order chi connectivity index (χ1) is 7.70. The second-order valence-corrected chi connectivity index (χ2v) is 3.54. The van der Waals surface area contributed by atoms with Crippen LogP contribution in [0, 0.1) is 11.6 Å². The van der Waals surface area contributed by atoms with Crippen LogP contribution < -0.4 is 4.74 Å². The summed E-state index contributed by atoms with van der Waals surface area (Å²) < 4.78 is 31.3. The maximum Gasteiger partial charge on any atom is 0.162 e. The number of halogens is 2. The summed E-state index contributed by atoms with van der Waals surface area (Å²) >= 11 is 0.